The van der Waals surface area contributed by atoms with Gasteiger partial charge in [-0.2, -0.15) is 9.97 Å². The van der Waals surface area contributed by atoms with Crippen LogP contribution in [0.2, 0.25) is 0 Å². The Morgan fingerprint density at radius 3 is 2.12 bits per heavy atom. The van der Waals surface area contributed by atoms with Gasteiger partial charge in [0.25, 0.3) is 0 Å². The lowest BCUT2D eigenvalue weighted by molar-refractivity contribution is -0.122. The molecule has 0 aliphatic carbocycles. The third-order valence-corrected chi connectivity index (χ3v) is 4.61. The summed E-state index contributed by atoms with van der Waals surface area (Å²) < 4.78 is 10.2. The molecule has 1 aromatic heterocycles. The molecular formula is C19H21N3O4. The van der Waals surface area contributed by atoms with Crippen LogP contribution < -0.4 is 14.4 Å². The molecule has 2 atom stereocenters. The largest absolute Gasteiger partial charge is 0.481 e. The maximum Gasteiger partial charge on any atom is 0.245 e. The van der Waals surface area contributed by atoms with Gasteiger partial charge in [-0.05, 0) is 18.9 Å². The number of carbonyl (C=O) groups is 2. The second-order valence-corrected chi connectivity index (χ2v) is 6.35. The number of methoxy groups -OCH3 is 2. The van der Waals surface area contributed by atoms with Crippen molar-refractivity contribution in [2.45, 2.75) is 20.3 Å². The van der Waals surface area contributed by atoms with Crippen LogP contribution in [0.25, 0.3) is 0 Å². The molecule has 0 bridgehead atoms. The Balaban J connectivity index is 1.91. The minimum Gasteiger partial charge on any atom is -0.481 e. The van der Waals surface area contributed by atoms with Crippen molar-refractivity contribution in [2.24, 2.45) is 11.8 Å². The highest BCUT2D eigenvalue weighted by molar-refractivity contribution is 6.21. The summed E-state index contributed by atoms with van der Waals surface area (Å²) in [7, 11) is 2.89. The number of carbonyl (C=O) groups excluding carboxylic acids is 2. The topological polar surface area (TPSA) is 81.6 Å². The van der Waals surface area contributed by atoms with Crippen LogP contribution in [0.1, 0.15) is 18.1 Å². The molecule has 0 spiro atoms. The monoisotopic (exact) mass is 355 g/mol. The summed E-state index contributed by atoms with van der Waals surface area (Å²) in [6, 6.07) is 9.44. The van der Waals surface area contributed by atoms with E-state index in [1.165, 1.54) is 20.3 Å². The van der Waals surface area contributed by atoms with Crippen LogP contribution in [0.15, 0.2) is 30.3 Å². The van der Waals surface area contributed by atoms with Crippen LogP contribution in [0.5, 0.6) is 11.8 Å². The molecular weight excluding hydrogens is 334 g/mol. The molecule has 1 fully saturated rings. The summed E-state index contributed by atoms with van der Waals surface area (Å²) in [5.74, 6) is -1.10. The van der Waals surface area contributed by atoms with Gasteiger partial charge in [-0.15, -0.1) is 0 Å². The van der Waals surface area contributed by atoms with Gasteiger partial charge >= 0.3 is 0 Å². The van der Waals surface area contributed by atoms with Crippen molar-refractivity contribution in [2.75, 3.05) is 19.1 Å². The highest BCUT2D eigenvalue weighted by atomic mass is 16.5. The van der Waals surface area contributed by atoms with Gasteiger partial charge in [0, 0.05) is 5.92 Å². The maximum absolute atomic E-state index is 12.9. The Kier molecular flexibility index (Phi) is 4.88. The van der Waals surface area contributed by atoms with E-state index in [1.807, 2.05) is 31.2 Å². The highest BCUT2D eigenvalue weighted by Crippen LogP contribution is 2.33. The third kappa shape index (κ3) is 3.24. The fraction of sp³-hybridized carbons (Fsp3) is 0.368. The number of aromatic nitrogens is 2. The van der Waals surface area contributed by atoms with Crippen molar-refractivity contribution in [3.8, 4) is 11.8 Å². The Morgan fingerprint density at radius 1 is 1.00 bits per heavy atom. The summed E-state index contributed by atoms with van der Waals surface area (Å²) in [5, 5.41) is 0. The van der Waals surface area contributed by atoms with Crippen LogP contribution in [-0.4, -0.2) is 36.0 Å². The quantitative estimate of drug-likeness (QED) is 0.765. The zero-order valence-corrected chi connectivity index (χ0v) is 15.2. The zero-order chi connectivity index (χ0) is 18.8. The molecule has 1 aromatic carbocycles. The van der Waals surface area contributed by atoms with E-state index >= 15 is 0 Å². The van der Waals surface area contributed by atoms with Crippen LogP contribution >= 0.6 is 0 Å². The summed E-state index contributed by atoms with van der Waals surface area (Å²) in [6.45, 7) is 3.77. The minimum atomic E-state index is -0.454. The van der Waals surface area contributed by atoms with Crippen molar-refractivity contribution < 1.29 is 19.1 Å². The van der Waals surface area contributed by atoms with Gasteiger partial charge in [0.15, 0.2) is 0 Å². The number of benzene rings is 1. The molecule has 0 saturated carbocycles. The minimum absolute atomic E-state index is 0.0190. The molecule has 1 aliphatic rings. The van der Waals surface area contributed by atoms with Crippen LogP contribution in [0, 0.1) is 18.8 Å². The normalized spacial score (nSPS) is 19.8. The van der Waals surface area contributed by atoms with E-state index in [0.717, 1.165) is 16.0 Å². The summed E-state index contributed by atoms with van der Waals surface area (Å²) in [5.41, 5.74) is 2.16. The first-order chi connectivity index (χ1) is 12.4. The Bertz CT molecular complexity index is 813. The van der Waals surface area contributed by atoms with Crippen LogP contribution in [-0.2, 0) is 16.0 Å². The number of imide groups is 1. The number of hydrogen-bond donors (Lipinski definition) is 0. The van der Waals surface area contributed by atoms with E-state index in [9.17, 15) is 9.59 Å². The first-order valence-corrected chi connectivity index (χ1v) is 8.35. The Hall–Kier alpha value is -2.96. The molecule has 2 amide bonds. The van der Waals surface area contributed by atoms with Gasteiger partial charge < -0.3 is 9.47 Å². The number of ether oxygens (including phenoxy) is 2. The van der Waals surface area contributed by atoms with Crippen molar-refractivity contribution in [1.29, 1.82) is 0 Å². The van der Waals surface area contributed by atoms with Crippen LogP contribution in [0.3, 0.4) is 0 Å². The molecule has 2 heterocycles. The smallest absolute Gasteiger partial charge is 0.245 e. The predicted octanol–water partition coefficient (Wildman–Crippen LogP) is 2.17. The second-order valence-electron chi connectivity index (χ2n) is 6.35. The van der Waals surface area contributed by atoms with Crippen molar-refractivity contribution in [1.82, 2.24) is 9.97 Å². The van der Waals surface area contributed by atoms with E-state index in [4.69, 9.17) is 9.47 Å². The standard InChI is InChI=1S/C19H21N3O4/c1-11-5-7-13(8-6-11)9-14-12(2)17(23)22(18(14)24)19-20-15(25-3)10-16(21-19)26-4/h5-8,10,12,14H,9H2,1-4H3/t12-,14+/m0/s1. The summed E-state index contributed by atoms with van der Waals surface area (Å²) >= 11 is 0. The molecule has 1 saturated heterocycles. The van der Waals surface area contributed by atoms with Gasteiger partial charge in [-0.25, -0.2) is 4.90 Å². The van der Waals surface area contributed by atoms with E-state index in [2.05, 4.69) is 9.97 Å². The molecule has 7 nitrogen and oxygen atoms in total. The number of anilines is 1. The lowest BCUT2D eigenvalue weighted by Crippen LogP contribution is -2.32. The van der Waals surface area contributed by atoms with Crippen molar-refractivity contribution >= 4 is 17.8 Å². The molecule has 1 aliphatic heterocycles. The molecule has 136 valence electrons. The fourth-order valence-electron chi connectivity index (χ4n) is 3.00. The SMILES string of the molecule is COc1cc(OC)nc(N2C(=O)[C@@H](C)[C@@H](Cc3ccc(C)cc3)C2=O)n1. The van der Waals surface area contributed by atoms with Gasteiger partial charge in [0.2, 0.25) is 29.5 Å². The average Bonchev–Trinajstić information content (AvgIpc) is 2.86. The third-order valence-electron chi connectivity index (χ3n) is 4.61. The lowest BCUT2D eigenvalue weighted by Gasteiger charge is -2.14. The molecule has 7 heteroatoms. The molecule has 0 N–H and O–H groups in total. The lowest BCUT2D eigenvalue weighted by atomic mass is 9.90. The fourth-order valence-corrected chi connectivity index (χ4v) is 3.00. The van der Waals surface area contributed by atoms with E-state index in [0.29, 0.717) is 6.42 Å². The van der Waals surface area contributed by atoms with E-state index in [-0.39, 0.29) is 29.5 Å². The number of nitrogens with zero attached hydrogens (tertiary/aromatic N) is 3. The number of aryl methyl sites for hydroxylation is 1. The molecule has 2 aromatic rings. The van der Waals surface area contributed by atoms with Gasteiger partial charge in [-0.1, -0.05) is 36.8 Å². The second kappa shape index (κ2) is 7.11. The Morgan fingerprint density at radius 2 is 1.58 bits per heavy atom. The predicted molar refractivity (Wildman–Crippen MR) is 95.2 cm³/mol. The average molecular weight is 355 g/mol. The molecule has 26 heavy (non-hydrogen) atoms. The summed E-state index contributed by atoms with van der Waals surface area (Å²) in [6.07, 6.45) is 0.490. The van der Waals surface area contributed by atoms with E-state index in [1.54, 1.807) is 6.92 Å². The molecule has 3 rings (SSSR count). The first kappa shape index (κ1) is 17.8. The molecule has 0 radical (unpaired) electrons. The Labute approximate surface area is 152 Å². The van der Waals surface area contributed by atoms with Gasteiger partial charge in [0.1, 0.15) is 0 Å². The zero-order valence-electron chi connectivity index (χ0n) is 15.2. The molecule has 0 unspecified atom stereocenters. The maximum atomic E-state index is 12.9. The number of rotatable bonds is 5. The van der Waals surface area contributed by atoms with Crippen LogP contribution in [0.4, 0.5) is 5.95 Å². The summed E-state index contributed by atoms with van der Waals surface area (Å²) in [4.78, 5) is 35.0. The van der Waals surface area contributed by atoms with Crippen molar-refractivity contribution in [3.05, 3.63) is 41.5 Å². The van der Waals surface area contributed by atoms with Gasteiger partial charge in [0.05, 0.1) is 26.2 Å². The first-order valence-electron chi connectivity index (χ1n) is 8.35. The van der Waals surface area contributed by atoms with E-state index < -0.39 is 11.8 Å². The van der Waals surface area contributed by atoms with Crippen molar-refractivity contribution in [3.63, 3.8) is 0 Å². The number of amides is 2. The van der Waals surface area contributed by atoms with Gasteiger partial charge in [-0.3, -0.25) is 9.59 Å². The highest BCUT2D eigenvalue weighted by Gasteiger charge is 2.47. The number of hydrogen-bond acceptors (Lipinski definition) is 6.